The molecule has 2 aromatic heterocycles. The van der Waals surface area contributed by atoms with Gasteiger partial charge >= 0.3 is 0 Å². The summed E-state index contributed by atoms with van der Waals surface area (Å²) in [5.74, 6) is -1.40. The fourth-order valence-electron chi connectivity index (χ4n) is 3.20. The molecular formula is C18H22N4O3S. The summed E-state index contributed by atoms with van der Waals surface area (Å²) in [7, 11) is 3.82. The number of likely N-dealkylation sites (tertiary alicyclic amines) is 1. The summed E-state index contributed by atoms with van der Waals surface area (Å²) in [6.07, 6.45) is 0. The van der Waals surface area contributed by atoms with Crippen LogP contribution < -0.4 is 0 Å². The predicted octanol–water partition coefficient (Wildman–Crippen LogP) is 2.07. The standard InChI is InChI=1S/C18H22N4O3S/c1-10-13(11(2)20-19-10)16(23)14-15(12-6-5-9-26-12)22(8-7-21(3)4)18(25)17(14)24/h5-6,9,15,23H,7-8H2,1-4H3,(H,19,20)/b16-14+/t15-/m0/s1. The third-order valence-electron chi connectivity index (χ3n) is 4.51. The molecule has 0 saturated carbocycles. The highest BCUT2D eigenvalue weighted by atomic mass is 32.1. The van der Waals surface area contributed by atoms with Gasteiger partial charge in [0.1, 0.15) is 5.76 Å². The van der Waals surface area contributed by atoms with Gasteiger partial charge in [-0.1, -0.05) is 6.07 Å². The van der Waals surface area contributed by atoms with Gasteiger partial charge in [-0.2, -0.15) is 5.10 Å². The molecule has 1 saturated heterocycles. The largest absolute Gasteiger partial charge is 0.507 e. The van der Waals surface area contributed by atoms with E-state index in [1.807, 2.05) is 36.5 Å². The summed E-state index contributed by atoms with van der Waals surface area (Å²) < 4.78 is 0. The Balaban J connectivity index is 2.14. The van der Waals surface area contributed by atoms with Crippen LogP contribution in [0.25, 0.3) is 5.76 Å². The van der Waals surface area contributed by atoms with Gasteiger partial charge in [0.25, 0.3) is 11.7 Å². The number of nitrogens with zero attached hydrogens (tertiary/aromatic N) is 3. The number of rotatable bonds is 5. The van der Waals surface area contributed by atoms with Gasteiger partial charge in [0, 0.05) is 23.7 Å². The van der Waals surface area contributed by atoms with Gasteiger partial charge in [0.2, 0.25) is 0 Å². The van der Waals surface area contributed by atoms with Crippen LogP contribution in [0.1, 0.15) is 27.9 Å². The number of H-pyrrole nitrogens is 1. The molecule has 0 bridgehead atoms. The van der Waals surface area contributed by atoms with E-state index in [9.17, 15) is 14.7 Å². The second kappa shape index (κ2) is 7.05. The molecule has 0 spiro atoms. The monoisotopic (exact) mass is 374 g/mol. The molecule has 2 N–H and O–H groups in total. The molecule has 7 nitrogen and oxygen atoms in total. The van der Waals surface area contributed by atoms with Crippen LogP contribution in [-0.2, 0) is 9.59 Å². The topological polar surface area (TPSA) is 89.5 Å². The molecule has 1 atom stereocenters. The van der Waals surface area contributed by atoms with Crippen molar-refractivity contribution in [3.8, 4) is 0 Å². The lowest BCUT2D eigenvalue weighted by molar-refractivity contribution is -0.140. The number of thiophene rings is 1. The molecule has 1 amide bonds. The Hall–Kier alpha value is -2.45. The van der Waals surface area contributed by atoms with Gasteiger partial charge in [-0.15, -0.1) is 11.3 Å². The number of hydrogen-bond acceptors (Lipinski definition) is 6. The first-order valence-corrected chi connectivity index (χ1v) is 9.19. The molecule has 2 aromatic rings. The summed E-state index contributed by atoms with van der Waals surface area (Å²) in [4.78, 5) is 29.8. The van der Waals surface area contributed by atoms with E-state index in [4.69, 9.17) is 0 Å². The van der Waals surface area contributed by atoms with Crippen molar-refractivity contribution in [2.45, 2.75) is 19.9 Å². The van der Waals surface area contributed by atoms with E-state index in [0.717, 1.165) is 4.88 Å². The summed E-state index contributed by atoms with van der Waals surface area (Å²) in [5.41, 5.74) is 1.86. The predicted molar refractivity (Wildman–Crippen MR) is 99.9 cm³/mol. The molecule has 3 heterocycles. The van der Waals surface area contributed by atoms with Crippen molar-refractivity contribution in [3.05, 3.63) is 44.9 Å². The lowest BCUT2D eigenvalue weighted by Crippen LogP contribution is -2.35. The molecule has 0 aromatic carbocycles. The first kappa shape index (κ1) is 18.3. The second-order valence-electron chi connectivity index (χ2n) is 6.62. The normalized spacial score (nSPS) is 19.7. The molecule has 8 heteroatoms. The number of carbonyl (C=O) groups excluding carboxylic acids is 2. The number of nitrogens with one attached hydrogen (secondary N) is 1. The van der Waals surface area contributed by atoms with E-state index in [2.05, 4.69) is 10.2 Å². The highest BCUT2D eigenvalue weighted by molar-refractivity contribution is 7.10. The number of aliphatic hydroxyl groups excluding tert-OH is 1. The summed E-state index contributed by atoms with van der Waals surface area (Å²) in [6.45, 7) is 4.55. The van der Waals surface area contributed by atoms with Crippen LogP contribution in [0.2, 0.25) is 0 Å². The minimum atomic E-state index is -0.653. The zero-order chi connectivity index (χ0) is 19.0. The number of aromatic nitrogens is 2. The van der Waals surface area contributed by atoms with Gasteiger partial charge in [-0.3, -0.25) is 14.7 Å². The van der Waals surface area contributed by atoms with Gasteiger partial charge in [-0.25, -0.2) is 0 Å². The van der Waals surface area contributed by atoms with E-state index >= 15 is 0 Å². The Morgan fingerprint density at radius 3 is 2.65 bits per heavy atom. The molecule has 26 heavy (non-hydrogen) atoms. The van der Waals surface area contributed by atoms with Crippen molar-refractivity contribution in [2.75, 3.05) is 27.2 Å². The van der Waals surface area contributed by atoms with Crippen LogP contribution in [-0.4, -0.2) is 64.0 Å². The maximum absolute atomic E-state index is 12.8. The van der Waals surface area contributed by atoms with Gasteiger partial charge in [0.15, 0.2) is 0 Å². The van der Waals surface area contributed by atoms with Crippen LogP contribution in [0.3, 0.4) is 0 Å². The van der Waals surface area contributed by atoms with Crippen LogP contribution in [0.4, 0.5) is 0 Å². The van der Waals surface area contributed by atoms with Gasteiger partial charge in [0.05, 0.1) is 22.9 Å². The minimum absolute atomic E-state index is 0.129. The Morgan fingerprint density at radius 2 is 2.12 bits per heavy atom. The first-order chi connectivity index (χ1) is 12.3. The Bertz CT molecular complexity index is 848. The highest BCUT2D eigenvalue weighted by Crippen LogP contribution is 2.41. The van der Waals surface area contributed by atoms with Crippen molar-refractivity contribution in [3.63, 3.8) is 0 Å². The lowest BCUT2D eigenvalue weighted by Gasteiger charge is -2.25. The van der Waals surface area contributed by atoms with Gasteiger partial charge < -0.3 is 14.9 Å². The molecule has 1 aliphatic heterocycles. The molecule has 0 radical (unpaired) electrons. The van der Waals surface area contributed by atoms with Crippen LogP contribution in [0.5, 0.6) is 0 Å². The number of aliphatic hydroxyl groups is 1. The number of hydrogen-bond donors (Lipinski definition) is 2. The van der Waals surface area contributed by atoms with E-state index in [-0.39, 0.29) is 11.3 Å². The maximum atomic E-state index is 12.8. The summed E-state index contributed by atoms with van der Waals surface area (Å²) in [6, 6.07) is 3.18. The van der Waals surface area contributed by atoms with Crippen molar-refractivity contribution in [2.24, 2.45) is 0 Å². The van der Waals surface area contributed by atoms with Crippen LogP contribution >= 0.6 is 11.3 Å². The number of amides is 1. The van der Waals surface area contributed by atoms with Crippen molar-refractivity contribution in [1.29, 1.82) is 0 Å². The number of ketones is 1. The number of Topliss-reactive ketones (excluding diaryl/α,β-unsaturated/α-hetero) is 1. The third-order valence-corrected chi connectivity index (χ3v) is 5.43. The summed E-state index contributed by atoms with van der Waals surface area (Å²) in [5, 5.41) is 19.7. The van der Waals surface area contributed by atoms with Gasteiger partial charge in [-0.05, 0) is 39.4 Å². The molecule has 3 rings (SSSR count). The number of aryl methyl sites for hydroxylation is 2. The average Bonchev–Trinajstić information content (AvgIpc) is 3.27. The Labute approximate surface area is 155 Å². The average molecular weight is 374 g/mol. The third kappa shape index (κ3) is 3.06. The Morgan fingerprint density at radius 1 is 1.38 bits per heavy atom. The van der Waals surface area contributed by atoms with E-state index in [1.54, 1.807) is 18.7 Å². The molecule has 0 unspecified atom stereocenters. The fraction of sp³-hybridized carbons (Fsp3) is 0.389. The zero-order valence-electron chi connectivity index (χ0n) is 15.2. The fourth-order valence-corrected chi connectivity index (χ4v) is 4.04. The van der Waals surface area contributed by atoms with E-state index in [0.29, 0.717) is 30.0 Å². The smallest absolute Gasteiger partial charge is 0.295 e. The molecule has 138 valence electrons. The van der Waals surface area contributed by atoms with Crippen molar-refractivity contribution in [1.82, 2.24) is 20.0 Å². The SMILES string of the molecule is Cc1n[nH]c(C)c1/C(O)=C1\C(=O)C(=O)N(CCN(C)C)[C@H]1c1cccs1. The number of aromatic amines is 1. The summed E-state index contributed by atoms with van der Waals surface area (Å²) >= 11 is 1.46. The van der Waals surface area contributed by atoms with E-state index in [1.165, 1.54) is 11.3 Å². The minimum Gasteiger partial charge on any atom is -0.507 e. The quantitative estimate of drug-likeness (QED) is 0.475. The second-order valence-corrected chi connectivity index (χ2v) is 7.60. The van der Waals surface area contributed by atoms with E-state index < -0.39 is 17.7 Å². The molecular weight excluding hydrogens is 352 g/mol. The van der Waals surface area contributed by atoms with Crippen molar-refractivity contribution < 1.29 is 14.7 Å². The molecule has 0 aliphatic carbocycles. The molecule has 1 aliphatic rings. The highest BCUT2D eigenvalue weighted by Gasteiger charge is 2.46. The number of carbonyl (C=O) groups is 2. The molecule has 1 fully saturated rings. The Kier molecular flexibility index (Phi) is 4.97. The first-order valence-electron chi connectivity index (χ1n) is 8.31. The van der Waals surface area contributed by atoms with Crippen LogP contribution in [0, 0.1) is 13.8 Å². The van der Waals surface area contributed by atoms with Crippen molar-refractivity contribution >= 4 is 28.8 Å². The zero-order valence-corrected chi connectivity index (χ0v) is 16.1. The van der Waals surface area contributed by atoms with Crippen LogP contribution in [0.15, 0.2) is 23.1 Å². The number of likely N-dealkylation sites (N-methyl/N-ethyl adjacent to an activating group) is 1. The maximum Gasteiger partial charge on any atom is 0.295 e. The lowest BCUT2D eigenvalue weighted by atomic mass is 9.99.